The zero-order valence-electron chi connectivity index (χ0n) is 12.3. The largest absolute Gasteiger partial charge is 0.414 e. The van der Waals surface area contributed by atoms with Gasteiger partial charge in [-0.3, -0.25) is 10.1 Å². The lowest BCUT2D eigenvalue weighted by Gasteiger charge is -2.03. The highest BCUT2D eigenvalue weighted by Crippen LogP contribution is 2.29. The van der Waals surface area contributed by atoms with Crippen LogP contribution in [0.1, 0.15) is 10.5 Å². The first-order valence-electron chi connectivity index (χ1n) is 6.81. The van der Waals surface area contributed by atoms with Gasteiger partial charge in [0.15, 0.2) is 5.69 Å². The molecule has 0 saturated heterocycles. The monoisotopic (exact) mass is 362 g/mol. The van der Waals surface area contributed by atoms with Gasteiger partial charge in [0.05, 0.1) is 4.92 Å². The third-order valence-corrected chi connectivity index (χ3v) is 4.02. The third-order valence-electron chi connectivity index (χ3n) is 3.13. The lowest BCUT2D eigenvalue weighted by Crippen LogP contribution is -2.10. The number of rotatable bonds is 4. The minimum absolute atomic E-state index is 0.0946. The number of carbonyl (C=O) groups is 1. The van der Waals surface area contributed by atoms with Gasteiger partial charge in [-0.05, 0) is 30.3 Å². The first kappa shape index (κ1) is 16.7. The zero-order chi connectivity index (χ0) is 18.0. The number of thiazole rings is 1. The van der Waals surface area contributed by atoms with Crippen LogP contribution >= 0.6 is 11.3 Å². The van der Waals surface area contributed by atoms with Gasteiger partial charge >= 0.3 is 11.7 Å². The van der Waals surface area contributed by atoms with Gasteiger partial charge in [0, 0.05) is 23.1 Å². The van der Waals surface area contributed by atoms with Gasteiger partial charge in [0.1, 0.15) is 16.6 Å². The molecule has 0 atom stereocenters. The number of hydrogen-bond acceptors (Lipinski definition) is 6. The van der Waals surface area contributed by atoms with Gasteiger partial charge < -0.3 is 4.74 Å². The Morgan fingerprint density at radius 2 is 1.80 bits per heavy atom. The lowest BCUT2D eigenvalue weighted by molar-refractivity contribution is -0.385. The number of hydrogen-bond donors (Lipinski definition) is 0. The number of nitro groups is 1. The van der Waals surface area contributed by atoms with E-state index < -0.39 is 34.0 Å². The van der Waals surface area contributed by atoms with Crippen LogP contribution in [0.5, 0.6) is 5.75 Å². The van der Waals surface area contributed by atoms with Crippen LogP contribution in [-0.2, 0) is 0 Å². The molecule has 1 heterocycles. The van der Waals surface area contributed by atoms with Crippen molar-refractivity contribution in [1.82, 2.24) is 4.98 Å². The third kappa shape index (κ3) is 3.66. The van der Waals surface area contributed by atoms with Crippen molar-refractivity contribution in [3.8, 4) is 16.3 Å². The summed E-state index contributed by atoms with van der Waals surface area (Å²) in [6, 6.07) is 8.06. The summed E-state index contributed by atoms with van der Waals surface area (Å²) < 4.78 is 31.1. The molecule has 0 unspecified atom stereocenters. The second kappa shape index (κ2) is 6.73. The Bertz CT molecular complexity index is 957. The van der Waals surface area contributed by atoms with Crippen LogP contribution in [0.2, 0.25) is 0 Å². The van der Waals surface area contributed by atoms with Crippen LogP contribution in [-0.4, -0.2) is 15.9 Å². The predicted octanol–water partition coefficient (Wildman–Crippen LogP) is 4.22. The molecule has 0 N–H and O–H groups in total. The highest BCUT2D eigenvalue weighted by Gasteiger charge is 2.21. The fourth-order valence-electron chi connectivity index (χ4n) is 1.97. The van der Waals surface area contributed by atoms with Gasteiger partial charge in [-0.25, -0.2) is 18.6 Å². The van der Waals surface area contributed by atoms with Crippen LogP contribution in [0.4, 0.5) is 14.5 Å². The van der Waals surface area contributed by atoms with E-state index in [1.165, 1.54) is 29.6 Å². The van der Waals surface area contributed by atoms with Crippen molar-refractivity contribution < 1.29 is 23.2 Å². The predicted molar refractivity (Wildman–Crippen MR) is 85.5 cm³/mol. The van der Waals surface area contributed by atoms with E-state index in [1.54, 1.807) is 0 Å². The smallest absolute Gasteiger partial charge is 0.363 e. The minimum Gasteiger partial charge on any atom is -0.414 e. The Balaban J connectivity index is 1.84. The number of carbonyl (C=O) groups excluding carboxylic acids is 1. The highest BCUT2D eigenvalue weighted by atomic mass is 32.1. The first-order chi connectivity index (χ1) is 11.9. The fraction of sp³-hybridized carbons (Fsp3) is 0. The average molecular weight is 362 g/mol. The molecule has 0 aliphatic heterocycles. The quantitative estimate of drug-likeness (QED) is 0.300. The first-order valence-corrected chi connectivity index (χ1v) is 7.69. The van der Waals surface area contributed by atoms with E-state index in [9.17, 15) is 23.7 Å². The number of benzene rings is 2. The maximum Gasteiger partial charge on any atom is 0.363 e. The minimum atomic E-state index is -0.960. The Labute approximate surface area is 143 Å². The van der Waals surface area contributed by atoms with Crippen molar-refractivity contribution in [2.45, 2.75) is 0 Å². The van der Waals surface area contributed by atoms with Gasteiger partial charge in [-0.1, -0.05) is 0 Å². The molecular weight excluding hydrogens is 354 g/mol. The number of esters is 1. The molecule has 6 nitrogen and oxygen atoms in total. The Morgan fingerprint density at radius 1 is 1.12 bits per heavy atom. The summed E-state index contributed by atoms with van der Waals surface area (Å²) in [6.07, 6.45) is 0. The highest BCUT2D eigenvalue weighted by molar-refractivity contribution is 7.13. The van der Waals surface area contributed by atoms with Crippen molar-refractivity contribution in [2.75, 3.05) is 0 Å². The van der Waals surface area contributed by atoms with E-state index in [-0.39, 0.29) is 5.69 Å². The van der Waals surface area contributed by atoms with Crippen LogP contribution in [0.3, 0.4) is 0 Å². The van der Waals surface area contributed by atoms with Crippen molar-refractivity contribution >= 4 is 23.0 Å². The van der Waals surface area contributed by atoms with E-state index in [2.05, 4.69) is 4.98 Å². The molecule has 0 amide bonds. The second-order valence-electron chi connectivity index (χ2n) is 4.80. The normalized spacial score (nSPS) is 10.5. The number of nitrogens with zero attached hydrogens (tertiary/aromatic N) is 2. The molecule has 9 heteroatoms. The molecule has 126 valence electrons. The molecule has 0 aliphatic carbocycles. The molecule has 3 rings (SSSR count). The van der Waals surface area contributed by atoms with Gasteiger partial charge in [0.25, 0.3) is 0 Å². The van der Waals surface area contributed by atoms with E-state index in [4.69, 9.17) is 4.74 Å². The molecular formula is C16H8F2N2O4S. The molecule has 1 aromatic heterocycles. The van der Waals surface area contributed by atoms with Gasteiger partial charge in [0.2, 0.25) is 5.75 Å². The Morgan fingerprint density at radius 3 is 2.48 bits per heavy atom. The average Bonchev–Trinajstić information content (AvgIpc) is 3.05. The van der Waals surface area contributed by atoms with E-state index in [0.717, 1.165) is 29.5 Å². The van der Waals surface area contributed by atoms with Crippen LogP contribution < -0.4 is 4.74 Å². The van der Waals surface area contributed by atoms with Crippen molar-refractivity contribution in [1.29, 1.82) is 0 Å². The van der Waals surface area contributed by atoms with Crippen LogP contribution in [0, 0.1) is 21.7 Å². The van der Waals surface area contributed by atoms with E-state index in [1.807, 2.05) is 0 Å². The van der Waals surface area contributed by atoms with Gasteiger partial charge in [-0.15, -0.1) is 11.3 Å². The van der Waals surface area contributed by atoms with Gasteiger partial charge in [-0.2, -0.15) is 0 Å². The second-order valence-corrected chi connectivity index (χ2v) is 5.66. The molecule has 0 spiro atoms. The molecule has 25 heavy (non-hydrogen) atoms. The van der Waals surface area contributed by atoms with Crippen molar-refractivity contribution in [3.63, 3.8) is 0 Å². The molecule has 0 bridgehead atoms. The Kier molecular flexibility index (Phi) is 4.48. The molecule has 0 aliphatic rings. The SMILES string of the molecule is O=C(Oc1cc(F)ccc1[N+](=O)[O-])c1csc(-c2ccc(F)cc2)n1. The fourth-order valence-corrected chi connectivity index (χ4v) is 2.76. The summed E-state index contributed by atoms with van der Waals surface area (Å²) in [5.74, 6) is -2.65. The summed E-state index contributed by atoms with van der Waals surface area (Å²) in [5, 5.41) is 12.8. The number of halogens is 2. The molecule has 0 saturated carbocycles. The standard InChI is InChI=1S/C16H8F2N2O4S/c17-10-3-1-9(2-4-10)15-19-12(8-25-15)16(21)24-14-7-11(18)5-6-13(14)20(22)23/h1-8H. The number of aromatic nitrogens is 1. The molecule has 0 fully saturated rings. The summed E-state index contributed by atoms with van der Waals surface area (Å²) in [4.78, 5) is 26.3. The molecule has 3 aromatic rings. The maximum absolute atomic E-state index is 13.3. The van der Waals surface area contributed by atoms with E-state index in [0.29, 0.717) is 10.6 Å². The Hall–Kier alpha value is -3.20. The van der Waals surface area contributed by atoms with Crippen LogP contribution in [0.25, 0.3) is 10.6 Å². The number of ether oxygens (including phenoxy) is 1. The topological polar surface area (TPSA) is 82.3 Å². The maximum atomic E-state index is 13.3. The summed E-state index contributed by atoms with van der Waals surface area (Å²) in [6.45, 7) is 0. The molecule has 0 radical (unpaired) electrons. The number of nitro benzene ring substituents is 1. The zero-order valence-corrected chi connectivity index (χ0v) is 13.1. The summed E-state index contributed by atoms with van der Waals surface area (Å²) in [5.41, 5.74) is -0.0335. The van der Waals surface area contributed by atoms with Crippen LogP contribution in [0.15, 0.2) is 47.8 Å². The molecule has 2 aromatic carbocycles. The van der Waals surface area contributed by atoms with Crippen molar-refractivity contribution in [3.05, 3.63) is 75.3 Å². The lowest BCUT2D eigenvalue weighted by atomic mass is 10.2. The van der Waals surface area contributed by atoms with Crippen molar-refractivity contribution in [2.24, 2.45) is 0 Å². The summed E-state index contributed by atoms with van der Waals surface area (Å²) in [7, 11) is 0. The summed E-state index contributed by atoms with van der Waals surface area (Å²) >= 11 is 1.12. The van der Waals surface area contributed by atoms with E-state index >= 15 is 0 Å².